The van der Waals surface area contributed by atoms with Crippen LogP contribution in [0.4, 0.5) is 0 Å². The zero-order chi connectivity index (χ0) is 7.98. The van der Waals surface area contributed by atoms with Crippen molar-refractivity contribution in [3.05, 3.63) is 24.3 Å². The summed E-state index contributed by atoms with van der Waals surface area (Å²) in [4.78, 5) is 10.6. The molecule has 10 heavy (non-hydrogen) atoms. The van der Waals surface area contributed by atoms with Crippen molar-refractivity contribution in [3.8, 4) is 0 Å². The lowest BCUT2D eigenvalue weighted by Gasteiger charge is -1.96. The second kappa shape index (κ2) is 4.79. The van der Waals surface area contributed by atoms with Crippen molar-refractivity contribution >= 4 is 5.97 Å². The Morgan fingerprint density at radius 1 is 1.70 bits per heavy atom. The van der Waals surface area contributed by atoms with Gasteiger partial charge in [-0.2, -0.15) is 0 Å². The highest BCUT2D eigenvalue weighted by Crippen LogP contribution is 2.00. The van der Waals surface area contributed by atoms with E-state index in [0.717, 1.165) is 5.57 Å². The van der Waals surface area contributed by atoms with Gasteiger partial charge in [-0.05, 0) is 6.92 Å². The quantitative estimate of drug-likeness (QED) is 0.440. The number of hydrogen-bond donors (Lipinski definition) is 0. The first-order valence-electron chi connectivity index (χ1n) is 3.05. The molecule has 0 rings (SSSR count). The highest BCUT2D eigenvalue weighted by Gasteiger charge is 1.98. The smallest absolute Gasteiger partial charge is 0.309 e. The number of carbonyl (C=O) groups is 1. The third kappa shape index (κ3) is 3.89. The van der Waals surface area contributed by atoms with E-state index in [-0.39, 0.29) is 5.97 Å². The third-order valence-corrected chi connectivity index (χ3v) is 1.05. The van der Waals surface area contributed by atoms with E-state index in [2.05, 4.69) is 11.3 Å². The van der Waals surface area contributed by atoms with Crippen LogP contribution >= 0.6 is 0 Å². The summed E-state index contributed by atoms with van der Waals surface area (Å²) in [5.41, 5.74) is 0.960. The molecule has 0 aromatic heterocycles. The van der Waals surface area contributed by atoms with Crippen LogP contribution in [0.25, 0.3) is 0 Å². The lowest BCUT2D eigenvalue weighted by molar-refractivity contribution is -0.139. The molecule has 56 valence electrons. The molecule has 0 aromatic rings. The molecule has 0 N–H and O–H groups in total. The van der Waals surface area contributed by atoms with Gasteiger partial charge in [-0.3, -0.25) is 4.79 Å². The largest absolute Gasteiger partial charge is 0.469 e. The zero-order valence-electron chi connectivity index (χ0n) is 6.39. The van der Waals surface area contributed by atoms with Crippen LogP contribution < -0.4 is 0 Å². The van der Waals surface area contributed by atoms with Gasteiger partial charge in [0.2, 0.25) is 0 Å². The molecule has 0 aliphatic rings. The molecule has 0 heterocycles. The third-order valence-electron chi connectivity index (χ3n) is 1.05. The summed E-state index contributed by atoms with van der Waals surface area (Å²) in [6.45, 7) is 5.36. The summed E-state index contributed by atoms with van der Waals surface area (Å²) in [5, 5.41) is 0. The minimum absolute atomic E-state index is 0.212. The summed E-state index contributed by atoms with van der Waals surface area (Å²) < 4.78 is 4.45. The number of hydrogen-bond acceptors (Lipinski definition) is 2. The lowest BCUT2D eigenvalue weighted by atomic mass is 10.2. The van der Waals surface area contributed by atoms with Crippen LogP contribution in [0.3, 0.4) is 0 Å². The molecular formula is C8H12O2. The SMILES string of the molecule is C=CC=C(C)CC(=O)OC. The van der Waals surface area contributed by atoms with Crippen LogP contribution in [0.1, 0.15) is 13.3 Å². The summed E-state index contributed by atoms with van der Waals surface area (Å²) in [6.07, 6.45) is 3.79. The van der Waals surface area contributed by atoms with Crippen LogP contribution in [-0.4, -0.2) is 13.1 Å². The molecule has 0 saturated heterocycles. The maximum atomic E-state index is 10.6. The van der Waals surface area contributed by atoms with Gasteiger partial charge in [0.15, 0.2) is 0 Å². The lowest BCUT2D eigenvalue weighted by Crippen LogP contribution is -1.99. The number of esters is 1. The van der Waals surface area contributed by atoms with E-state index < -0.39 is 0 Å². The van der Waals surface area contributed by atoms with E-state index >= 15 is 0 Å². The molecule has 0 radical (unpaired) electrons. The Balaban J connectivity index is 3.78. The Morgan fingerprint density at radius 3 is 2.70 bits per heavy atom. The molecule has 0 spiro atoms. The second-order valence-electron chi connectivity index (χ2n) is 2.00. The topological polar surface area (TPSA) is 26.3 Å². The van der Waals surface area contributed by atoms with Gasteiger partial charge in [0.05, 0.1) is 13.5 Å². The van der Waals surface area contributed by atoms with E-state index in [4.69, 9.17) is 0 Å². The molecule has 0 aromatic carbocycles. The first-order chi connectivity index (χ1) is 4.70. The van der Waals surface area contributed by atoms with Gasteiger partial charge in [-0.25, -0.2) is 0 Å². The van der Waals surface area contributed by atoms with Crippen molar-refractivity contribution in [3.63, 3.8) is 0 Å². The van der Waals surface area contributed by atoms with Crippen LogP contribution in [0, 0.1) is 0 Å². The normalized spacial score (nSPS) is 10.8. The zero-order valence-corrected chi connectivity index (χ0v) is 6.39. The average molecular weight is 140 g/mol. The summed E-state index contributed by atoms with van der Waals surface area (Å²) >= 11 is 0. The fraction of sp³-hybridized carbons (Fsp3) is 0.375. The van der Waals surface area contributed by atoms with Crippen molar-refractivity contribution in [1.29, 1.82) is 0 Å². The van der Waals surface area contributed by atoms with Gasteiger partial charge >= 0.3 is 5.97 Å². The van der Waals surface area contributed by atoms with Crippen molar-refractivity contribution in [2.24, 2.45) is 0 Å². The van der Waals surface area contributed by atoms with Crippen molar-refractivity contribution < 1.29 is 9.53 Å². The molecule has 0 fully saturated rings. The fourth-order valence-corrected chi connectivity index (χ4v) is 0.560. The van der Waals surface area contributed by atoms with Gasteiger partial charge in [-0.1, -0.05) is 24.3 Å². The van der Waals surface area contributed by atoms with Crippen LogP contribution in [0.15, 0.2) is 24.3 Å². The molecule has 0 aliphatic heterocycles. The van der Waals surface area contributed by atoms with E-state index in [1.165, 1.54) is 7.11 Å². The Hall–Kier alpha value is -1.05. The first-order valence-corrected chi connectivity index (χ1v) is 3.05. The highest BCUT2D eigenvalue weighted by molar-refractivity contribution is 5.72. The predicted molar refractivity (Wildman–Crippen MR) is 40.6 cm³/mol. The number of allylic oxidation sites excluding steroid dienone is 2. The maximum absolute atomic E-state index is 10.6. The van der Waals surface area contributed by atoms with E-state index in [1.54, 1.807) is 12.2 Å². The van der Waals surface area contributed by atoms with E-state index in [1.807, 2.05) is 6.92 Å². The summed E-state index contributed by atoms with van der Waals surface area (Å²) in [6, 6.07) is 0. The van der Waals surface area contributed by atoms with Crippen LogP contribution in [0.2, 0.25) is 0 Å². The van der Waals surface area contributed by atoms with Gasteiger partial charge in [-0.15, -0.1) is 0 Å². The Labute approximate surface area is 61.2 Å². The molecule has 0 aliphatic carbocycles. The molecule has 2 heteroatoms. The number of ether oxygens (including phenoxy) is 1. The number of rotatable bonds is 3. The number of carbonyl (C=O) groups excluding carboxylic acids is 1. The first kappa shape index (κ1) is 8.95. The second-order valence-corrected chi connectivity index (χ2v) is 2.00. The van der Waals surface area contributed by atoms with E-state index in [0.29, 0.717) is 6.42 Å². The molecular weight excluding hydrogens is 128 g/mol. The van der Waals surface area contributed by atoms with Gasteiger partial charge in [0.1, 0.15) is 0 Å². The van der Waals surface area contributed by atoms with Crippen LogP contribution in [0.5, 0.6) is 0 Å². The van der Waals surface area contributed by atoms with Crippen molar-refractivity contribution in [1.82, 2.24) is 0 Å². The molecule has 0 bridgehead atoms. The molecule has 0 unspecified atom stereocenters. The Morgan fingerprint density at radius 2 is 2.30 bits per heavy atom. The molecule has 0 saturated carbocycles. The molecule has 0 atom stereocenters. The molecule has 0 amide bonds. The summed E-state index contributed by atoms with van der Waals surface area (Å²) in [7, 11) is 1.38. The van der Waals surface area contributed by atoms with Crippen molar-refractivity contribution in [2.45, 2.75) is 13.3 Å². The maximum Gasteiger partial charge on any atom is 0.309 e. The molecule has 2 nitrogen and oxygen atoms in total. The van der Waals surface area contributed by atoms with Gasteiger partial charge in [0.25, 0.3) is 0 Å². The Kier molecular flexibility index (Phi) is 4.29. The Bertz CT molecular complexity index is 157. The standard InChI is InChI=1S/C8H12O2/c1-4-5-7(2)6-8(9)10-3/h4-5H,1,6H2,2-3H3. The monoisotopic (exact) mass is 140 g/mol. The minimum Gasteiger partial charge on any atom is -0.469 e. The minimum atomic E-state index is -0.212. The fourth-order valence-electron chi connectivity index (χ4n) is 0.560. The average Bonchev–Trinajstić information content (AvgIpc) is 1.88. The summed E-state index contributed by atoms with van der Waals surface area (Å²) in [5.74, 6) is -0.212. The predicted octanol–water partition coefficient (Wildman–Crippen LogP) is 1.68. The van der Waals surface area contributed by atoms with E-state index in [9.17, 15) is 4.79 Å². The van der Waals surface area contributed by atoms with Crippen molar-refractivity contribution in [2.75, 3.05) is 7.11 Å². The van der Waals surface area contributed by atoms with Gasteiger partial charge in [0, 0.05) is 0 Å². The van der Waals surface area contributed by atoms with Gasteiger partial charge < -0.3 is 4.74 Å². The van der Waals surface area contributed by atoms with Crippen LogP contribution in [-0.2, 0) is 9.53 Å². The highest BCUT2D eigenvalue weighted by atomic mass is 16.5. The number of methoxy groups -OCH3 is 1.